The largest absolute Gasteiger partial charge is 0.388 e. The molecule has 19 heavy (non-hydrogen) atoms. The van der Waals surface area contributed by atoms with E-state index in [4.69, 9.17) is 0 Å². The smallest absolute Gasteiger partial charge is 0.330 e. The highest BCUT2D eigenvalue weighted by molar-refractivity contribution is 5.49. The van der Waals surface area contributed by atoms with Crippen molar-refractivity contribution < 1.29 is 5.11 Å². The van der Waals surface area contributed by atoms with Gasteiger partial charge in [0.25, 0.3) is 0 Å². The molecular weight excluding hydrogens is 242 g/mol. The number of aliphatic hydroxyl groups is 1. The van der Waals surface area contributed by atoms with Gasteiger partial charge in [-0.25, -0.2) is 4.79 Å². The number of imidazole rings is 1. The van der Waals surface area contributed by atoms with Gasteiger partial charge >= 0.3 is 5.69 Å². The van der Waals surface area contributed by atoms with Gasteiger partial charge in [-0.2, -0.15) is 0 Å². The van der Waals surface area contributed by atoms with Crippen LogP contribution < -0.4 is 11.0 Å². The highest BCUT2D eigenvalue weighted by atomic mass is 16.3. The number of H-pyrrole nitrogens is 1. The van der Waals surface area contributed by atoms with Crippen LogP contribution in [0.3, 0.4) is 0 Å². The van der Waals surface area contributed by atoms with Crippen LogP contribution in [0.5, 0.6) is 0 Å². The third-order valence-electron chi connectivity index (χ3n) is 3.24. The summed E-state index contributed by atoms with van der Waals surface area (Å²) in [5.74, 6) is 0. The molecule has 0 spiro atoms. The Morgan fingerprint density at radius 1 is 1.32 bits per heavy atom. The van der Waals surface area contributed by atoms with Crippen LogP contribution in [0.4, 0.5) is 5.69 Å². The number of benzene rings is 1. The predicted molar refractivity (Wildman–Crippen MR) is 75.8 cm³/mol. The van der Waals surface area contributed by atoms with Crippen molar-refractivity contribution in [3.05, 3.63) is 47.1 Å². The average molecular weight is 261 g/mol. The van der Waals surface area contributed by atoms with Gasteiger partial charge in [0.1, 0.15) is 0 Å². The molecule has 0 saturated heterocycles. The van der Waals surface area contributed by atoms with Crippen molar-refractivity contribution in [2.24, 2.45) is 0 Å². The molecule has 1 heterocycles. The first-order valence-corrected chi connectivity index (χ1v) is 6.23. The molecule has 102 valence electrons. The highest BCUT2D eigenvalue weighted by Gasteiger charge is 2.21. The van der Waals surface area contributed by atoms with Crippen LogP contribution in [0, 0.1) is 0 Å². The topological polar surface area (TPSA) is 70.0 Å². The second kappa shape index (κ2) is 4.93. The quantitative estimate of drug-likeness (QED) is 0.785. The number of hydrogen-bond acceptors (Lipinski definition) is 3. The fraction of sp³-hybridized carbons (Fsp3) is 0.357. The van der Waals surface area contributed by atoms with E-state index in [9.17, 15) is 9.90 Å². The van der Waals surface area contributed by atoms with E-state index in [0.29, 0.717) is 0 Å². The molecule has 0 aliphatic heterocycles. The lowest BCUT2D eigenvalue weighted by atomic mass is 10.0. The molecule has 0 amide bonds. The van der Waals surface area contributed by atoms with Gasteiger partial charge in [-0.05, 0) is 45.0 Å². The van der Waals surface area contributed by atoms with Gasteiger partial charge in [0, 0.05) is 18.1 Å². The molecule has 0 aliphatic carbocycles. The fourth-order valence-corrected chi connectivity index (χ4v) is 1.67. The minimum Gasteiger partial charge on any atom is -0.388 e. The van der Waals surface area contributed by atoms with Gasteiger partial charge in [-0.1, -0.05) is 0 Å². The molecule has 1 aromatic heterocycles. The van der Waals surface area contributed by atoms with Crippen LogP contribution in [0.1, 0.15) is 20.8 Å². The summed E-state index contributed by atoms with van der Waals surface area (Å²) in [5.41, 5.74) is 0.746. The molecule has 1 atom stereocenters. The van der Waals surface area contributed by atoms with Crippen LogP contribution >= 0.6 is 0 Å². The van der Waals surface area contributed by atoms with Crippen LogP contribution in [-0.4, -0.2) is 26.3 Å². The minimum atomic E-state index is -0.795. The summed E-state index contributed by atoms with van der Waals surface area (Å²) >= 11 is 0. The van der Waals surface area contributed by atoms with Crippen molar-refractivity contribution in [3.63, 3.8) is 0 Å². The Balaban J connectivity index is 2.16. The third kappa shape index (κ3) is 3.06. The molecule has 5 nitrogen and oxygen atoms in total. The molecule has 0 fully saturated rings. The summed E-state index contributed by atoms with van der Waals surface area (Å²) in [6.45, 7) is 5.45. The van der Waals surface area contributed by atoms with Crippen LogP contribution in [0.25, 0.3) is 5.69 Å². The van der Waals surface area contributed by atoms with E-state index in [2.05, 4.69) is 10.3 Å². The summed E-state index contributed by atoms with van der Waals surface area (Å²) < 4.78 is 1.53. The molecule has 2 rings (SSSR count). The zero-order chi connectivity index (χ0) is 14.0. The standard InChI is InChI=1S/C14H19N3O2/c1-10(14(2,3)19)16-11-4-6-12(7-5-11)17-9-8-15-13(17)18/h4-10,16,19H,1-3H3,(H,15,18). The molecular formula is C14H19N3O2. The summed E-state index contributed by atoms with van der Waals surface area (Å²) in [7, 11) is 0. The van der Waals surface area contributed by atoms with E-state index < -0.39 is 5.60 Å². The van der Waals surface area contributed by atoms with Crippen molar-refractivity contribution in [3.8, 4) is 5.69 Å². The van der Waals surface area contributed by atoms with Gasteiger partial charge in [0.2, 0.25) is 0 Å². The number of aromatic amines is 1. The fourth-order valence-electron chi connectivity index (χ4n) is 1.67. The Hall–Kier alpha value is -2.01. The third-order valence-corrected chi connectivity index (χ3v) is 3.24. The molecule has 3 N–H and O–H groups in total. The van der Waals surface area contributed by atoms with E-state index in [-0.39, 0.29) is 11.7 Å². The Morgan fingerprint density at radius 3 is 2.42 bits per heavy atom. The van der Waals surface area contributed by atoms with E-state index in [1.54, 1.807) is 26.2 Å². The van der Waals surface area contributed by atoms with Crippen LogP contribution in [0.2, 0.25) is 0 Å². The zero-order valence-corrected chi connectivity index (χ0v) is 11.3. The maximum atomic E-state index is 11.5. The number of hydrogen-bond donors (Lipinski definition) is 3. The Bertz CT molecular complexity index is 590. The van der Waals surface area contributed by atoms with Crippen molar-refractivity contribution in [1.82, 2.24) is 9.55 Å². The van der Waals surface area contributed by atoms with Gasteiger partial charge in [0.15, 0.2) is 0 Å². The lowest BCUT2D eigenvalue weighted by Gasteiger charge is -2.27. The highest BCUT2D eigenvalue weighted by Crippen LogP contribution is 2.17. The monoisotopic (exact) mass is 261 g/mol. The Morgan fingerprint density at radius 2 is 1.95 bits per heavy atom. The van der Waals surface area contributed by atoms with Gasteiger partial charge in [-0.3, -0.25) is 4.57 Å². The average Bonchev–Trinajstić information content (AvgIpc) is 2.75. The number of rotatable bonds is 4. The predicted octanol–water partition coefficient (Wildman–Crippen LogP) is 1.74. The van der Waals surface area contributed by atoms with Crippen molar-refractivity contribution in [1.29, 1.82) is 0 Å². The van der Waals surface area contributed by atoms with Crippen molar-refractivity contribution >= 4 is 5.69 Å². The Labute approximate surface area is 111 Å². The number of aromatic nitrogens is 2. The van der Waals surface area contributed by atoms with Crippen LogP contribution in [-0.2, 0) is 0 Å². The molecule has 0 bridgehead atoms. The lowest BCUT2D eigenvalue weighted by Crippen LogP contribution is -2.39. The number of nitrogens with zero attached hydrogens (tertiary/aromatic N) is 1. The molecule has 0 aliphatic rings. The van der Waals surface area contributed by atoms with Crippen molar-refractivity contribution in [2.45, 2.75) is 32.4 Å². The summed E-state index contributed by atoms with van der Waals surface area (Å²) in [6, 6.07) is 7.41. The maximum Gasteiger partial charge on any atom is 0.330 e. The van der Waals surface area contributed by atoms with Gasteiger partial charge in [-0.15, -0.1) is 0 Å². The van der Waals surface area contributed by atoms with E-state index in [1.165, 1.54) is 4.57 Å². The first-order chi connectivity index (χ1) is 8.88. The van der Waals surface area contributed by atoms with E-state index in [1.807, 2.05) is 31.2 Å². The maximum absolute atomic E-state index is 11.5. The van der Waals surface area contributed by atoms with E-state index >= 15 is 0 Å². The van der Waals surface area contributed by atoms with E-state index in [0.717, 1.165) is 11.4 Å². The molecule has 5 heteroatoms. The molecule has 0 saturated carbocycles. The lowest BCUT2D eigenvalue weighted by molar-refractivity contribution is 0.0649. The van der Waals surface area contributed by atoms with Crippen molar-refractivity contribution in [2.75, 3.05) is 5.32 Å². The van der Waals surface area contributed by atoms with Crippen LogP contribution in [0.15, 0.2) is 41.5 Å². The first-order valence-electron chi connectivity index (χ1n) is 6.23. The molecule has 1 unspecified atom stereocenters. The van der Waals surface area contributed by atoms with Gasteiger partial charge < -0.3 is 15.4 Å². The van der Waals surface area contributed by atoms with Gasteiger partial charge in [0.05, 0.1) is 17.3 Å². The zero-order valence-electron chi connectivity index (χ0n) is 11.3. The minimum absolute atomic E-state index is 0.0756. The second-order valence-electron chi connectivity index (χ2n) is 5.20. The molecule has 0 radical (unpaired) electrons. The molecule has 2 aromatic rings. The second-order valence-corrected chi connectivity index (χ2v) is 5.20. The molecule has 1 aromatic carbocycles. The number of anilines is 1. The Kier molecular flexibility index (Phi) is 3.48. The first kappa shape index (κ1) is 13.4. The number of nitrogens with one attached hydrogen (secondary N) is 2. The normalized spacial score (nSPS) is 13.3. The SMILES string of the molecule is CC(Nc1ccc(-n2cc[nH]c2=O)cc1)C(C)(C)O. The summed E-state index contributed by atoms with van der Waals surface area (Å²) in [4.78, 5) is 14.1. The summed E-state index contributed by atoms with van der Waals surface area (Å²) in [6.07, 6.45) is 3.29. The summed E-state index contributed by atoms with van der Waals surface area (Å²) in [5, 5.41) is 13.1.